The van der Waals surface area contributed by atoms with Crippen LogP contribution in [0.5, 0.6) is 11.5 Å². The second-order valence-corrected chi connectivity index (χ2v) is 5.44. The Kier molecular flexibility index (Phi) is 6.76. The maximum Gasteiger partial charge on any atom is 0.220 e. The first-order chi connectivity index (χ1) is 11.2. The number of carbonyl (C=O) groups is 1. The van der Waals surface area contributed by atoms with Crippen LogP contribution < -0.4 is 14.8 Å². The Morgan fingerprint density at radius 1 is 1.13 bits per heavy atom. The molecule has 122 valence electrons. The van der Waals surface area contributed by atoms with E-state index in [0.717, 1.165) is 11.3 Å². The van der Waals surface area contributed by atoms with Gasteiger partial charge in [-0.2, -0.15) is 0 Å². The van der Waals surface area contributed by atoms with E-state index in [0.29, 0.717) is 36.8 Å². The summed E-state index contributed by atoms with van der Waals surface area (Å²) in [6.45, 7) is 0.870. The lowest BCUT2D eigenvalue weighted by Crippen LogP contribution is -2.28. The largest absolute Gasteiger partial charge is 0.497 e. The molecular formula is C18H20ClNO3. The highest BCUT2D eigenvalue weighted by Crippen LogP contribution is 2.16. The lowest BCUT2D eigenvalue weighted by Gasteiger charge is -2.08. The standard InChI is InChI=1S/C18H20ClNO3/c1-22-16-6-2-4-14(12-16)8-9-18(21)20-10-11-23-17-7-3-5-15(19)13-17/h2-7,12-13H,8-11H2,1H3,(H,20,21). The van der Waals surface area contributed by atoms with Gasteiger partial charge in [-0.25, -0.2) is 0 Å². The van der Waals surface area contributed by atoms with Crippen molar-refractivity contribution in [3.05, 3.63) is 59.1 Å². The van der Waals surface area contributed by atoms with Crippen molar-refractivity contribution in [2.75, 3.05) is 20.3 Å². The molecule has 0 aliphatic carbocycles. The van der Waals surface area contributed by atoms with Gasteiger partial charge >= 0.3 is 0 Å². The lowest BCUT2D eigenvalue weighted by molar-refractivity contribution is -0.121. The van der Waals surface area contributed by atoms with Crippen LogP contribution in [0.25, 0.3) is 0 Å². The van der Waals surface area contributed by atoms with E-state index < -0.39 is 0 Å². The van der Waals surface area contributed by atoms with Crippen molar-refractivity contribution in [1.82, 2.24) is 5.32 Å². The van der Waals surface area contributed by atoms with Crippen molar-refractivity contribution < 1.29 is 14.3 Å². The number of ether oxygens (including phenoxy) is 2. The minimum atomic E-state index is 0.00233. The van der Waals surface area contributed by atoms with E-state index in [9.17, 15) is 4.79 Å². The average molecular weight is 334 g/mol. The molecule has 1 amide bonds. The number of hydrogen-bond donors (Lipinski definition) is 1. The molecule has 0 heterocycles. The monoisotopic (exact) mass is 333 g/mol. The highest BCUT2D eigenvalue weighted by atomic mass is 35.5. The van der Waals surface area contributed by atoms with E-state index in [1.807, 2.05) is 36.4 Å². The van der Waals surface area contributed by atoms with E-state index in [1.54, 1.807) is 19.2 Å². The molecule has 0 fully saturated rings. The summed E-state index contributed by atoms with van der Waals surface area (Å²) in [6.07, 6.45) is 1.11. The number of carbonyl (C=O) groups excluding carboxylic acids is 1. The van der Waals surface area contributed by atoms with Crippen LogP contribution in [-0.2, 0) is 11.2 Å². The maximum atomic E-state index is 11.8. The quantitative estimate of drug-likeness (QED) is 0.752. The highest BCUT2D eigenvalue weighted by Gasteiger charge is 2.03. The smallest absolute Gasteiger partial charge is 0.220 e. The van der Waals surface area contributed by atoms with Gasteiger partial charge in [-0.1, -0.05) is 29.8 Å². The molecule has 0 bridgehead atoms. The molecule has 0 saturated heterocycles. The van der Waals surface area contributed by atoms with Crippen molar-refractivity contribution in [3.63, 3.8) is 0 Å². The lowest BCUT2D eigenvalue weighted by atomic mass is 10.1. The number of methoxy groups -OCH3 is 1. The Morgan fingerprint density at radius 2 is 1.91 bits per heavy atom. The first kappa shape index (κ1) is 17.2. The molecule has 2 rings (SSSR count). The van der Waals surface area contributed by atoms with Gasteiger partial charge in [-0.15, -0.1) is 0 Å². The number of halogens is 1. The summed E-state index contributed by atoms with van der Waals surface area (Å²) in [4.78, 5) is 11.8. The molecule has 0 spiro atoms. The minimum Gasteiger partial charge on any atom is -0.497 e. The van der Waals surface area contributed by atoms with Gasteiger partial charge in [0.1, 0.15) is 18.1 Å². The topological polar surface area (TPSA) is 47.6 Å². The number of amides is 1. The second kappa shape index (κ2) is 9.06. The fourth-order valence-corrected chi connectivity index (χ4v) is 2.27. The van der Waals surface area contributed by atoms with Gasteiger partial charge in [-0.05, 0) is 42.3 Å². The molecule has 23 heavy (non-hydrogen) atoms. The molecule has 0 aliphatic heterocycles. The number of aryl methyl sites for hydroxylation is 1. The summed E-state index contributed by atoms with van der Waals surface area (Å²) in [5, 5.41) is 3.47. The van der Waals surface area contributed by atoms with E-state index in [4.69, 9.17) is 21.1 Å². The molecule has 0 atom stereocenters. The molecule has 1 N–H and O–H groups in total. The molecule has 2 aromatic rings. The van der Waals surface area contributed by atoms with Gasteiger partial charge in [0.15, 0.2) is 0 Å². The SMILES string of the molecule is COc1cccc(CCC(=O)NCCOc2cccc(Cl)c2)c1. The first-order valence-corrected chi connectivity index (χ1v) is 7.83. The fourth-order valence-electron chi connectivity index (χ4n) is 2.09. The Labute approximate surface area is 141 Å². The van der Waals surface area contributed by atoms with Gasteiger partial charge in [-0.3, -0.25) is 4.79 Å². The molecule has 0 aromatic heterocycles. The summed E-state index contributed by atoms with van der Waals surface area (Å²) in [6, 6.07) is 14.9. The van der Waals surface area contributed by atoms with Crippen molar-refractivity contribution in [2.24, 2.45) is 0 Å². The molecule has 0 aliphatic rings. The van der Waals surface area contributed by atoms with Gasteiger partial charge in [0.25, 0.3) is 0 Å². The molecule has 4 nitrogen and oxygen atoms in total. The average Bonchev–Trinajstić information content (AvgIpc) is 2.57. The van der Waals surface area contributed by atoms with Crippen molar-refractivity contribution in [2.45, 2.75) is 12.8 Å². The number of rotatable bonds is 8. The van der Waals surface area contributed by atoms with Gasteiger partial charge in [0.2, 0.25) is 5.91 Å². The van der Waals surface area contributed by atoms with Crippen molar-refractivity contribution in [1.29, 1.82) is 0 Å². The van der Waals surface area contributed by atoms with E-state index in [1.165, 1.54) is 0 Å². The zero-order chi connectivity index (χ0) is 16.5. The maximum absolute atomic E-state index is 11.8. The summed E-state index contributed by atoms with van der Waals surface area (Å²) in [5.41, 5.74) is 1.08. The molecule has 0 radical (unpaired) electrons. The zero-order valence-corrected chi connectivity index (χ0v) is 13.8. The van der Waals surface area contributed by atoms with Crippen molar-refractivity contribution in [3.8, 4) is 11.5 Å². The normalized spacial score (nSPS) is 10.2. The van der Waals surface area contributed by atoms with Crippen LogP contribution in [0.1, 0.15) is 12.0 Å². The van der Waals surface area contributed by atoms with Crippen LogP contribution in [0.4, 0.5) is 0 Å². The third-order valence-electron chi connectivity index (χ3n) is 3.26. The van der Waals surface area contributed by atoms with Crippen LogP contribution >= 0.6 is 11.6 Å². The van der Waals surface area contributed by atoms with Gasteiger partial charge < -0.3 is 14.8 Å². The predicted molar refractivity (Wildman–Crippen MR) is 91.3 cm³/mol. The fraction of sp³-hybridized carbons (Fsp3) is 0.278. The zero-order valence-electron chi connectivity index (χ0n) is 13.0. The summed E-state index contributed by atoms with van der Waals surface area (Å²) in [7, 11) is 1.63. The molecule has 5 heteroatoms. The molecule has 2 aromatic carbocycles. The third kappa shape index (κ3) is 6.20. The summed E-state index contributed by atoms with van der Waals surface area (Å²) >= 11 is 5.87. The van der Waals surface area contributed by atoms with Crippen LogP contribution in [0.2, 0.25) is 5.02 Å². The summed E-state index contributed by atoms with van der Waals surface area (Å²) in [5.74, 6) is 1.50. The molecular weight excluding hydrogens is 314 g/mol. The third-order valence-corrected chi connectivity index (χ3v) is 3.50. The molecule has 0 saturated carbocycles. The predicted octanol–water partition coefficient (Wildman–Crippen LogP) is 3.48. The van der Waals surface area contributed by atoms with E-state index in [2.05, 4.69) is 5.32 Å². The van der Waals surface area contributed by atoms with Gasteiger partial charge in [0.05, 0.1) is 13.7 Å². The Bertz CT molecular complexity index is 646. The number of nitrogens with one attached hydrogen (secondary N) is 1. The van der Waals surface area contributed by atoms with E-state index in [-0.39, 0.29) is 5.91 Å². The van der Waals surface area contributed by atoms with Crippen LogP contribution in [-0.4, -0.2) is 26.2 Å². The summed E-state index contributed by atoms with van der Waals surface area (Å²) < 4.78 is 10.7. The Morgan fingerprint density at radius 3 is 2.70 bits per heavy atom. The Balaban J connectivity index is 1.65. The number of hydrogen-bond acceptors (Lipinski definition) is 3. The van der Waals surface area contributed by atoms with Gasteiger partial charge in [0, 0.05) is 11.4 Å². The van der Waals surface area contributed by atoms with Crippen LogP contribution in [0.3, 0.4) is 0 Å². The second-order valence-electron chi connectivity index (χ2n) is 5.01. The van der Waals surface area contributed by atoms with Crippen molar-refractivity contribution >= 4 is 17.5 Å². The van der Waals surface area contributed by atoms with E-state index >= 15 is 0 Å². The minimum absolute atomic E-state index is 0.00233. The first-order valence-electron chi connectivity index (χ1n) is 7.45. The molecule has 0 unspecified atom stereocenters. The Hall–Kier alpha value is -2.20. The van der Waals surface area contributed by atoms with Crippen LogP contribution in [0, 0.1) is 0 Å². The highest BCUT2D eigenvalue weighted by molar-refractivity contribution is 6.30. The number of benzene rings is 2. The van der Waals surface area contributed by atoms with Crippen LogP contribution in [0.15, 0.2) is 48.5 Å².